The van der Waals surface area contributed by atoms with Gasteiger partial charge in [-0.15, -0.1) is 11.6 Å². The van der Waals surface area contributed by atoms with E-state index in [1.54, 1.807) is 19.2 Å². The zero-order valence-electron chi connectivity index (χ0n) is 16.3. The number of benzene rings is 1. The Morgan fingerprint density at radius 1 is 1.30 bits per heavy atom. The molecule has 1 fully saturated rings. The van der Waals surface area contributed by atoms with Crippen molar-refractivity contribution in [1.29, 1.82) is 0 Å². The van der Waals surface area contributed by atoms with Crippen LogP contribution in [-0.4, -0.2) is 61.1 Å². The van der Waals surface area contributed by atoms with E-state index in [1.165, 1.54) is 0 Å². The van der Waals surface area contributed by atoms with E-state index in [1.807, 2.05) is 36.9 Å². The average molecular weight is 396 g/mol. The van der Waals surface area contributed by atoms with Gasteiger partial charge in [-0.3, -0.25) is 14.5 Å². The predicted octanol–water partition coefficient (Wildman–Crippen LogP) is 2.23. The highest BCUT2D eigenvalue weighted by Gasteiger charge is 2.30. The maximum Gasteiger partial charge on any atom is 0.251 e. The molecule has 6 nitrogen and oxygen atoms in total. The second-order valence-electron chi connectivity index (χ2n) is 7.74. The molecule has 2 amide bonds. The fourth-order valence-electron chi connectivity index (χ4n) is 3.32. The molecule has 0 bridgehead atoms. The SMILES string of the molecule is COCC(C)(C)NC(=O)CN1CCC(CNC(=O)c2ccccc2)CC1Cl. The Kier molecular flexibility index (Phi) is 8.07. The molecule has 2 atom stereocenters. The van der Waals surface area contributed by atoms with Crippen LogP contribution in [0.3, 0.4) is 0 Å². The second kappa shape index (κ2) is 10.1. The lowest BCUT2D eigenvalue weighted by Gasteiger charge is -2.36. The standard InChI is InChI=1S/C20H30ClN3O3/c1-20(2,14-27-3)23-18(25)13-24-10-9-15(11-17(24)21)12-22-19(26)16-7-5-4-6-8-16/h4-8,15,17H,9-14H2,1-3H3,(H,22,26)(H,23,25). The zero-order chi connectivity index (χ0) is 19.9. The van der Waals surface area contributed by atoms with E-state index in [-0.39, 0.29) is 23.9 Å². The fourth-order valence-corrected chi connectivity index (χ4v) is 3.74. The van der Waals surface area contributed by atoms with Crippen LogP contribution in [0, 0.1) is 5.92 Å². The molecule has 0 saturated carbocycles. The first-order valence-electron chi connectivity index (χ1n) is 9.32. The van der Waals surface area contributed by atoms with Crippen molar-refractivity contribution in [3.05, 3.63) is 35.9 Å². The summed E-state index contributed by atoms with van der Waals surface area (Å²) in [5.41, 5.74) is 0.0367. The van der Waals surface area contributed by atoms with Crippen LogP contribution in [0.2, 0.25) is 0 Å². The number of alkyl halides is 1. The zero-order valence-corrected chi connectivity index (χ0v) is 17.1. The van der Waals surface area contributed by atoms with E-state index in [0.717, 1.165) is 19.4 Å². The van der Waals surface area contributed by atoms with Gasteiger partial charge in [0, 0.05) is 25.8 Å². The largest absolute Gasteiger partial charge is 0.382 e. The number of amides is 2. The first-order chi connectivity index (χ1) is 12.8. The average Bonchev–Trinajstić information content (AvgIpc) is 2.62. The molecule has 27 heavy (non-hydrogen) atoms. The monoisotopic (exact) mass is 395 g/mol. The van der Waals surface area contributed by atoms with Gasteiger partial charge in [-0.05, 0) is 44.7 Å². The molecule has 0 radical (unpaired) electrons. The number of ether oxygens (including phenoxy) is 1. The number of halogens is 1. The third kappa shape index (κ3) is 7.13. The van der Waals surface area contributed by atoms with Crippen molar-refractivity contribution >= 4 is 23.4 Å². The number of carbonyl (C=O) groups is 2. The minimum absolute atomic E-state index is 0.0569. The number of rotatable bonds is 8. The van der Waals surface area contributed by atoms with Crippen molar-refractivity contribution < 1.29 is 14.3 Å². The first-order valence-corrected chi connectivity index (χ1v) is 9.75. The van der Waals surface area contributed by atoms with Gasteiger partial charge in [0.15, 0.2) is 0 Å². The number of methoxy groups -OCH3 is 1. The summed E-state index contributed by atoms with van der Waals surface area (Å²) in [6.45, 7) is 5.90. The van der Waals surface area contributed by atoms with Gasteiger partial charge in [0.25, 0.3) is 5.91 Å². The van der Waals surface area contributed by atoms with Gasteiger partial charge in [-0.25, -0.2) is 0 Å². The summed E-state index contributed by atoms with van der Waals surface area (Å²) in [6.07, 6.45) is 1.64. The number of nitrogens with zero attached hydrogens (tertiary/aromatic N) is 1. The molecule has 2 unspecified atom stereocenters. The van der Waals surface area contributed by atoms with Crippen molar-refractivity contribution in [3.8, 4) is 0 Å². The predicted molar refractivity (Wildman–Crippen MR) is 107 cm³/mol. The van der Waals surface area contributed by atoms with Crippen LogP contribution < -0.4 is 10.6 Å². The third-order valence-electron chi connectivity index (χ3n) is 4.67. The number of likely N-dealkylation sites (tertiary alicyclic amines) is 1. The summed E-state index contributed by atoms with van der Waals surface area (Å²) in [5, 5.41) is 5.95. The van der Waals surface area contributed by atoms with Gasteiger partial charge in [-0.2, -0.15) is 0 Å². The topological polar surface area (TPSA) is 70.7 Å². The molecule has 0 spiro atoms. The van der Waals surface area contributed by atoms with Crippen molar-refractivity contribution in [2.24, 2.45) is 5.92 Å². The van der Waals surface area contributed by atoms with E-state index in [4.69, 9.17) is 16.3 Å². The summed E-state index contributed by atoms with van der Waals surface area (Å²) in [4.78, 5) is 26.4. The van der Waals surface area contributed by atoms with E-state index in [0.29, 0.717) is 24.6 Å². The maximum absolute atomic E-state index is 12.3. The molecule has 2 rings (SSSR count). The van der Waals surface area contributed by atoms with Crippen molar-refractivity contribution in [1.82, 2.24) is 15.5 Å². The maximum atomic E-state index is 12.3. The summed E-state index contributed by atoms with van der Waals surface area (Å²) in [5.74, 6) is 0.187. The smallest absolute Gasteiger partial charge is 0.251 e. The second-order valence-corrected chi connectivity index (χ2v) is 8.24. The first kappa shape index (κ1) is 21.7. The molecular weight excluding hydrogens is 366 g/mol. The molecule has 1 saturated heterocycles. The van der Waals surface area contributed by atoms with Crippen LogP contribution >= 0.6 is 11.6 Å². The van der Waals surface area contributed by atoms with Crippen LogP contribution in [0.1, 0.15) is 37.0 Å². The van der Waals surface area contributed by atoms with Gasteiger partial charge in [0.05, 0.1) is 24.2 Å². The molecule has 1 heterocycles. The van der Waals surface area contributed by atoms with Gasteiger partial charge in [0.1, 0.15) is 0 Å². The highest BCUT2D eigenvalue weighted by Crippen LogP contribution is 2.25. The Balaban J connectivity index is 1.75. The lowest BCUT2D eigenvalue weighted by molar-refractivity contribution is -0.125. The highest BCUT2D eigenvalue weighted by molar-refractivity contribution is 6.20. The van der Waals surface area contributed by atoms with Crippen molar-refractivity contribution in [3.63, 3.8) is 0 Å². The van der Waals surface area contributed by atoms with Crippen LogP contribution in [0.4, 0.5) is 0 Å². The molecular formula is C20H30ClN3O3. The minimum Gasteiger partial charge on any atom is -0.382 e. The number of carbonyl (C=O) groups excluding carboxylic acids is 2. The summed E-state index contributed by atoms with van der Waals surface area (Å²) in [7, 11) is 1.62. The molecule has 2 N–H and O–H groups in total. The van der Waals surface area contributed by atoms with Crippen molar-refractivity contribution in [2.75, 3.05) is 33.4 Å². The van der Waals surface area contributed by atoms with E-state index in [2.05, 4.69) is 10.6 Å². The minimum atomic E-state index is -0.409. The molecule has 7 heteroatoms. The number of piperidine rings is 1. The van der Waals surface area contributed by atoms with E-state index >= 15 is 0 Å². The van der Waals surface area contributed by atoms with Crippen LogP contribution in [0.25, 0.3) is 0 Å². The van der Waals surface area contributed by atoms with Gasteiger partial charge in [-0.1, -0.05) is 18.2 Å². The van der Waals surface area contributed by atoms with Gasteiger partial charge >= 0.3 is 0 Å². The fraction of sp³-hybridized carbons (Fsp3) is 0.600. The lowest BCUT2D eigenvalue weighted by Crippen LogP contribution is -2.52. The van der Waals surface area contributed by atoms with E-state index in [9.17, 15) is 9.59 Å². The highest BCUT2D eigenvalue weighted by atomic mass is 35.5. The quantitative estimate of drug-likeness (QED) is 0.523. The Hall–Kier alpha value is -1.63. The third-order valence-corrected chi connectivity index (χ3v) is 5.12. The summed E-state index contributed by atoms with van der Waals surface area (Å²) >= 11 is 6.49. The molecule has 0 aliphatic carbocycles. The molecule has 1 aromatic carbocycles. The van der Waals surface area contributed by atoms with Gasteiger partial charge in [0.2, 0.25) is 5.91 Å². The summed E-state index contributed by atoms with van der Waals surface area (Å²) in [6, 6.07) is 9.18. The normalized spacial score (nSPS) is 20.9. The van der Waals surface area contributed by atoms with Crippen LogP contribution in [0.15, 0.2) is 30.3 Å². The Morgan fingerprint density at radius 2 is 2.00 bits per heavy atom. The number of hydrogen-bond donors (Lipinski definition) is 2. The Labute approximate surface area is 166 Å². The van der Waals surface area contributed by atoms with Gasteiger partial charge < -0.3 is 15.4 Å². The van der Waals surface area contributed by atoms with Crippen molar-refractivity contribution in [2.45, 2.75) is 37.7 Å². The summed E-state index contributed by atoms with van der Waals surface area (Å²) < 4.78 is 5.12. The molecule has 0 aromatic heterocycles. The lowest BCUT2D eigenvalue weighted by atomic mass is 9.96. The van der Waals surface area contributed by atoms with Crippen LogP contribution in [-0.2, 0) is 9.53 Å². The number of hydrogen-bond acceptors (Lipinski definition) is 4. The van der Waals surface area contributed by atoms with E-state index < -0.39 is 5.54 Å². The number of nitrogens with one attached hydrogen (secondary N) is 2. The molecule has 150 valence electrons. The molecule has 1 aromatic rings. The molecule has 1 aliphatic rings. The van der Waals surface area contributed by atoms with Crippen LogP contribution in [0.5, 0.6) is 0 Å². The molecule has 1 aliphatic heterocycles. The Morgan fingerprint density at radius 3 is 2.63 bits per heavy atom. The Bertz CT molecular complexity index is 624.